The van der Waals surface area contributed by atoms with Crippen LogP contribution in [0.2, 0.25) is 0 Å². The zero-order chi connectivity index (χ0) is 24.2. The van der Waals surface area contributed by atoms with Gasteiger partial charge in [-0.05, 0) is 59.4 Å². The van der Waals surface area contributed by atoms with Gasteiger partial charge in [-0.1, -0.05) is 44.2 Å². The Hall–Kier alpha value is -2.41. The SMILES string of the molecule is Cc1nc(C(C)C)n(C2CCN(C(C)C[C@H](NC(=O)OC(C)(C)C)c3ccccc3)CC2)n1. The molecule has 1 aromatic heterocycles. The van der Waals surface area contributed by atoms with Crippen molar-refractivity contribution < 1.29 is 9.53 Å². The summed E-state index contributed by atoms with van der Waals surface area (Å²) in [6, 6.07) is 10.8. The number of hydrogen-bond donors (Lipinski definition) is 1. The minimum absolute atomic E-state index is 0.0979. The van der Waals surface area contributed by atoms with E-state index in [0.29, 0.717) is 18.0 Å². The van der Waals surface area contributed by atoms with Crippen LogP contribution in [0.4, 0.5) is 4.79 Å². The highest BCUT2D eigenvalue weighted by Crippen LogP contribution is 2.29. The standard InChI is InChI=1S/C26H41N5O2/c1-18(2)24-27-20(4)29-31(24)22-13-15-30(16-14-22)19(3)17-23(21-11-9-8-10-12-21)28-25(32)33-26(5,6)7/h8-12,18-19,22-23H,13-17H2,1-7H3,(H,28,32)/t19?,23-/m0/s1. The first-order valence-electron chi connectivity index (χ1n) is 12.2. The molecule has 0 aliphatic carbocycles. The second-order valence-corrected chi connectivity index (χ2v) is 10.6. The highest BCUT2D eigenvalue weighted by Gasteiger charge is 2.29. The van der Waals surface area contributed by atoms with E-state index in [4.69, 9.17) is 9.84 Å². The summed E-state index contributed by atoms with van der Waals surface area (Å²) in [5.41, 5.74) is 0.581. The molecule has 0 bridgehead atoms. The van der Waals surface area contributed by atoms with Crippen LogP contribution in [-0.2, 0) is 4.74 Å². The number of amides is 1. The fraction of sp³-hybridized carbons (Fsp3) is 0.654. The Balaban J connectivity index is 1.63. The number of alkyl carbamates (subject to hydrolysis) is 1. The molecule has 182 valence electrons. The molecule has 2 atom stereocenters. The van der Waals surface area contributed by atoms with E-state index in [2.05, 4.69) is 52.8 Å². The van der Waals surface area contributed by atoms with Crippen molar-refractivity contribution in [3.05, 3.63) is 47.5 Å². The number of nitrogens with one attached hydrogen (secondary N) is 1. The molecule has 7 nitrogen and oxygen atoms in total. The van der Waals surface area contributed by atoms with E-state index in [1.165, 1.54) is 0 Å². The van der Waals surface area contributed by atoms with Gasteiger partial charge in [0.05, 0.1) is 12.1 Å². The highest BCUT2D eigenvalue weighted by atomic mass is 16.6. The number of aryl methyl sites for hydroxylation is 1. The van der Waals surface area contributed by atoms with Gasteiger partial charge < -0.3 is 15.0 Å². The molecule has 1 N–H and O–H groups in total. The van der Waals surface area contributed by atoms with Crippen molar-refractivity contribution in [2.75, 3.05) is 13.1 Å². The first-order valence-corrected chi connectivity index (χ1v) is 12.2. The Labute approximate surface area is 198 Å². The molecule has 1 amide bonds. The predicted molar refractivity (Wildman–Crippen MR) is 131 cm³/mol. The molecule has 1 aliphatic heterocycles. The first kappa shape index (κ1) is 25.2. The van der Waals surface area contributed by atoms with Crippen molar-refractivity contribution in [3.8, 4) is 0 Å². The van der Waals surface area contributed by atoms with Crippen molar-refractivity contribution in [1.82, 2.24) is 25.0 Å². The van der Waals surface area contributed by atoms with E-state index >= 15 is 0 Å². The van der Waals surface area contributed by atoms with Crippen LogP contribution in [-0.4, -0.2) is 50.5 Å². The molecular formula is C26H41N5O2. The minimum atomic E-state index is -0.520. The van der Waals surface area contributed by atoms with Gasteiger partial charge in [-0.15, -0.1) is 0 Å². The van der Waals surface area contributed by atoms with Gasteiger partial charge >= 0.3 is 6.09 Å². The smallest absolute Gasteiger partial charge is 0.408 e. The van der Waals surface area contributed by atoms with E-state index in [-0.39, 0.29) is 12.1 Å². The normalized spacial score (nSPS) is 17.7. The van der Waals surface area contributed by atoms with Gasteiger partial charge in [0.15, 0.2) is 0 Å². The number of carbonyl (C=O) groups excluding carboxylic acids is 1. The number of hydrogen-bond acceptors (Lipinski definition) is 5. The summed E-state index contributed by atoms with van der Waals surface area (Å²) < 4.78 is 7.70. The summed E-state index contributed by atoms with van der Waals surface area (Å²) >= 11 is 0. The van der Waals surface area contributed by atoms with E-state index in [0.717, 1.165) is 49.6 Å². The van der Waals surface area contributed by atoms with Crippen LogP contribution in [0.25, 0.3) is 0 Å². The van der Waals surface area contributed by atoms with Crippen molar-refractivity contribution in [3.63, 3.8) is 0 Å². The molecular weight excluding hydrogens is 414 g/mol. The molecule has 2 aromatic rings. The number of rotatable bonds is 7. The lowest BCUT2D eigenvalue weighted by Crippen LogP contribution is -2.43. The molecule has 3 rings (SSSR count). The van der Waals surface area contributed by atoms with Gasteiger partial charge in [-0.3, -0.25) is 0 Å². The van der Waals surface area contributed by atoms with Crippen LogP contribution < -0.4 is 5.32 Å². The number of piperidine rings is 1. The third-order valence-corrected chi connectivity index (χ3v) is 6.22. The number of aromatic nitrogens is 3. The van der Waals surface area contributed by atoms with Crippen LogP contribution in [0.15, 0.2) is 30.3 Å². The summed E-state index contributed by atoms with van der Waals surface area (Å²) in [6.07, 6.45) is 2.57. The second-order valence-electron chi connectivity index (χ2n) is 10.6. The molecule has 1 fully saturated rings. The number of carbonyl (C=O) groups is 1. The third-order valence-electron chi connectivity index (χ3n) is 6.22. The lowest BCUT2D eigenvalue weighted by molar-refractivity contribution is 0.0486. The largest absolute Gasteiger partial charge is 0.444 e. The maximum atomic E-state index is 12.5. The lowest BCUT2D eigenvalue weighted by Gasteiger charge is -2.38. The highest BCUT2D eigenvalue weighted by molar-refractivity contribution is 5.68. The number of benzene rings is 1. The fourth-order valence-electron chi connectivity index (χ4n) is 4.58. The predicted octanol–water partition coefficient (Wildman–Crippen LogP) is 5.39. The zero-order valence-electron chi connectivity index (χ0n) is 21.3. The van der Waals surface area contributed by atoms with Crippen LogP contribution in [0, 0.1) is 6.92 Å². The minimum Gasteiger partial charge on any atom is -0.444 e. The number of ether oxygens (including phenoxy) is 1. The molecule has 2 heterocycles. The summed E-state index contributed by atoms with van der Waals surface area (Å²) in [6.45, 7) is 16.3. The average Bonchev–Trinajstić information content (AvgIpc) is 3.15. The molecule has 7 heteroatoms. The Kier molecular flexibility index (Phi) is 8.16. The lowest BCUT2D eigenvalue weighted by atomic mass is 9.96. The zero-order valence-corrected chi connectivity index (χ0v) is 21.3. The molecule has 33 heavy (non-hydrogen) atoms. The number of nitrogens with zero attached hydrogens (tertiary/aromatic N) is 4. The Bertz CT molecular complexity index is 895. The van der Waals surface area contributed by atoms with Crippen molar-refractivity contribution in [1.29, 1.82) is 0 Å². The van der Waals surface area contributed by atoms with Gasteiger partial charge in [0.2, 0.25) is 0 Å². The monoisotopic (exact) mass is 455 g/mol. The molecule has 0 radical (unpaired) electrons. The Morgan fingerprint density at radius 3 is 2.36 bits per heavy atom. The second kappa shape index (κ2) is 10.7. The van der Waals surface area contributed by atoms with Crippen LogP contribution in [0.3, 0.4) is 0 Å². The average molecular weight is 456 g/mol. The fourth-order valence-corrected chi connectivity index (χ4v) is 4.58. The van der Waals surface area contributed by atoms with Crippen molar-refractivity contribution in [2.24, 2.45) is 0 Å². The van der Waals surface area contributed by atoms with Crippen molar-refractivity contribution in [2.45, 2.75) is 97.4 Å². The molecule has 1 saturated heterocycles. The third kappa shape index (κ3) is 7.03. The molecule has 0 saturated carbocycles. The maximum absolute atomic E-state index is 12.5. The van der Waals surface area contributed by atoms with Crippen LogP contribution >= 0.6 is 0 Å². The van der Waals surface area contributed by atoms with E-state index in [9.17, 15) is 4.79 Å². The van der Waals surface area contributed by atoms with Gasteiger partial charge in [0, 0.05) is 25.0 Å². The maximum Gasteiger partial charge on any atom is 0.408 e. The molecule has 1 aliphatic rings. The number of likely N-dealkylation sites (tertiary alicyclic amines) is 1. The van der Waals surface area contributed by atoms with Crippen LogP contribution in [0.1, 0.15) is 96.0 Å². The summed E-state index contributed by atoms with van der Waals surface area (Å²) in [7, 11) is 0. The van der Waals surface area contributed by atoms with E-state index < -0.39 is 5.60 Å². The first-order chi connectivity index (χ1) is 15.5. The Morgan fingerprint density at radius 1 is 1.15 bits per heavy atom. The van der Waals surface area contributed by atoms with E-state index in [1.807, 2.05) is 45.9 Å². The molecule has 1 unspecified atom stereocenters. The van der Waals surface area contributed by atoms with Gasteiger partial charge in [0.25, 0.3) is 0 Å². The molecule has 0 spiro atoms. The quantitative estimate of drug-likeness (QED) is 0.606. The topological polar surface area (TPSA) is 72.3 Å². The summed E-state index contributed by atoms with van der Waals surface area (Å²) in [5, 5.41) is 7.81. The van der Waals surface area contributed by atoms with Crippen LogP contribution in [0.5, 0.6) is 0 Å². The molecule has 1 aromatic carbocycles. The van der Waals surface area contributed by atoms with Gasteiger partial charge in [0.1, 0.15) is 17.2 Å². The van der Waals surface area contributed by atoms with Gasteiger partial charge in [-0.2, -0.15) is 5.10 Å². The van der Waals surface area contributed by atoms with Crippen molar-refractivity contribution >= 4 is 6.09 Å². The summed E-state index contributed by atoms with van der Waals surface area (Å²) in [4.78, 5) is 19.7. The summed E-state index contributed by atoms with van der Waals surface area (Å²) in [5.74, 6) is 2.31. The Morgan fingerprint density at radius 2 is 1.79 bits per heavy atom. The van der Waals surface area contributed by atoms with E-state index in [1.54, 1.807) is 0 Å². The van der Waals surface area contributed by atoms with Gasteiger partial charge in [-0.25, -0.2) is 14.5 Å².